The minimum atomic E-state index is -0.706. The van der Waals surface area contributed by atoms with Crippen molar-refractivity contribution in [2.45, 2.75) is 45.4 Å². The molecule has 1 aliphatic carbocycles. The third-order valence-corrected chi connectivity index (χ3v) is 4.01. The highest BCUT2D eigenvalue weighted by atomic mass is 16.5. The van der Waals surface area contributed by atoms with E-state index in [0.717, 1.165) is 18.6 Å². The van der Waals surface area contributed by atoms with Crippen LogP contribution in [0.4, 0.5) is 0 Å². The van der Waals surface area contributed by atoms with Crippen molar-refractivity contribution in [1.29, 1.82) is 0 Å². The Balaban J connectivity index is 2.24. The first kappa shape index (κ1) is 13.8. The summed E-state index contributed by atoms with van der Waals surface area (Å²) in [6.45, 7) is 3.97. The van der Waals surface area contributed by atoms with Crippen LogP contribution in [0.2, 0.25) is 0 Å². The molecule has 2 rings (SSSR count). The third-order valence-electron chi connectivity index (χ3n) is 4.01. The molecular weight excluding hydrogens is 244 g/mol. The van der Waals surface area contributed by atoms with Gasteiger partial charge in [-0.15, -0.1) is 0 Å². The van der Waals surface area contributed by atoms with E-state index in [2.05, 4.69) is 0 Å². The van der Waals surface area contributed by atoms with Crippen molar-refractivity contribution < 1.29 is 18.7 Å². The highest BCUT2D eigenvalue weighted by Crippen LogP contribution is 2.47. The summed E-state index contributed by atoms with van der Waals surface area (Å²) in [5.41, 5.74) is -0.706. The lowest BCUT2D eigenvalue weighted by atomic mass is 9.64. The zero-order chi connectivity index (χ0) is 13.9. The number of ketones is 1. The second-order valence-electron chi connectivity index (χ2n) is 5.28. The maximum absolute atomic E-state index is 12.3. The van der Waals surface area contributed by atoms with Gasteiger partial charge in [0.25, 0.3) is 0 Å². The van der Waals surface area contributed by atoms with Crippen molar-refractivity contribution in [2.24, 2.45) is 5.41 Å². The van der Waals surface area contributed by atoms with Crippen molar-refractivity contribution in [3.63, 3.8) is 0 Å². The Kier molecular flexibility index (Phi) is 4.08. The highest BCUT2D eigenvalue weighted by molar-refractivity contribution is 5.90. The van der Waals surface area contributed by atoms with E-state index in [0.29, 0.717) is 13.0 Å². The van der Waals surface area contributed by atoms with E-state index in [1.54, 1.807) is 13.2 Å². The molecule has 2 atom stereocenters. The van der Waals surface area contributed by atoms with Crippen LogP contribution < -0.4 is 0 Å². The molecule has 0 aliphatic heterocycles. The van der Waals surface area contributed by atoms with Crippen LogP contribution in [0.25, 0.3) is 0 Å². The maximum Gasteiger partial charge on any atom is 0.306 e. The first-order chi connectivity index (χ1) is 9.08. The summed E-state index contributed by atoms with van der Waals surface area (Å²) < 4.78 is 10.5. The molecule has 0 radical (unpaired) electrons. The molecule has 0 saturated heterocycles. The number of hydrogen-bond acceptors (Lipinski definition) is 4. The number of rotatable bonds is 4. The summed E-state index contributed by atoms with van der Waals surface area (Å²) in [5, 5.41) is 0. The van der Waals surface area contributed by atoms with Crippen molar-refractivity contribution in [1.82, 2.24) is 0 Å². The first-order valence-corrected chi connectivity index (χ1v) is 6.80. The van der Waals surface area contributed by atoms with Crippen molar-refractivity contribution in [2.75, 3.05) is 6.61 Å². The summed E-state index contributed by atoms with van der Waals surface area (Å²) in [4.78, 5) is 24.1. The van der Waals surface area contributed by atoms with E-state index in [9.17, 15) is 9.59 Å². The second-order valence-corrected chi connectivity index (χ2v) is 5.28. The fourth-order valence-corrected chi connectivity index (χ4v) is 2.94. The fourth-order valence-electron chi connectivity index (χ4n) is 2.94. The minimum absolute atomic E-state index is 0.0341. The van der Waals surface area contributed by atoms with Crippen LogP contribution in [-0.2, 0) is 14.3 Å². The molecule has 1 aromatic rings. The van der Waals surface area contributed by atoms with Gasteiger partial charge < -0.3 is 9.15 Å². The average molecular weight is 264 g/mol. The Morgan fingerprint density at radius 1 is 1.58 bits per heavy atom. The number of Topliss-reactive ketones (excluding diaryl/α,β-unsaturated/α-hetero) is 1. The van der Waals surface area contributed by atoms with Gasteiger partial charge >= 0.3 is 5.97 Å². The number of carbonyl (C=O) groups is 2. The molecular formula is C15H20O4. The van der Waals surface area contributed by atoms with Gasteiger partial charge in [0.15, 0.2) is 0 Å². The Labute approximate surface area is 113 Å². The Bertz CT molecular complexity index is 449. The van der Waals surface area contributed by atoms with E-state index in [1.807, 2.05) is 19.1 Å². The highest BCUT2D eigenvalue weighted by Gasteiger charge is 2.46. The number of furan rings is 1. The predicted octanol–water partition coefficient (Wildman–Crippen LogP) is 3.08. The summed E-state index contributed by atoms with van der Waals surface area (Å²) in [6, 6.07) is 3.70. The van der Waals surface area contributed by atoms with E-state index < -0.39 is 5.41 Å². The van der Waals surface area contributed by atoms with Crippen molar-refractivity contribution in [3.05, 3.63) is 24.2 Å². The molecule has 4 nitrogen and oxygen atoms in total. The number of carbonyl (C=O) groups excluding carboxylic acids is 2. The van der Waals surface area contributed by atoms with Gasteiger partial charge in [-0.3, -0.25) is 9.59 Å². The molecule has 19 heavy (non-hydrogen) atoms. The summed E-state index contributed by atoms with van der Waals surface area (Å²) >= 11 is 0. The van der Waals surface area contributed by atoms with Gasteiger partial charge in [-0.1, -0.05) is 6.92 Å². The molecule has 4 heteroatoms. The molecule has 0 aromatic carbocycles. The quantitative estimate of drug-likeness (QED) is 0.784. The van der Waals surface area contributed by atoms with Crippen LogP contribution in [0, 0.1) is 5.41 Å². The fraction of sp³-hybridized carbons (Fsp3) is 0.600. The van der Waals surface area contributed by atoms with Crippen molar-refractivity contribution >= 4 is 11.8 Å². The summed E-state index contributed by atoms with van der Waals surface area (Å²) in [5.74, 6) is 0.581. The Morgan fingerprint density at radius 2 is 2.37 bits per heavy atom. The molecule has 0 bridgehead atoms. The van der Waals surface area contributed by atoms with Gasteiger partial charge in [-0.25, -0.2) is 0 Å². The molecule has 0 unspecified atom stereocenters. The molecule has 104 valence electrons. The van der Waals surface area contributed by atoms with E-state index in [1.165, 1.54) is 0 Å². The lowest BCUT2D eigenvalue weighted by Crippen LogP contribution is -2.40. The second kappa shape index (κ2) is 5.59. The van der Waals surface area contributed by atoms with Gasteiger partial charge in [0, 0.05) is 17.8 Å². The van der Waals surface area contributed by atoms with Crippen LogP contribution in [0.5, 0.6) is 0 Å². The minimum Gasteiger partial charge on any atom is -0.469 e. The van der Waals surface area contributed by atoms with Gasteiger partial charge in [-0.05, 0) is 31.9 Å². The van der Waals surface area contributed by atoms with Crippen LogP contribution in [-0.4, -0.2) is 18.4 Å². The number of esters is 1. The van der Waals surface area contributed by atoms with Crippen LogP contribution in [0.15, 0.2) is 22.8 Å². The lowest BCUT2D eigenvalue weighted by molar-refractivity contribution is -0.151. The van der Waals surface area contributed by atoms with Gasteiger partial charge in [-0.2, -0.15) is 0 Å². The summed E-state index contributed by atoms with van der Waals surface area (Å²) in [6.07, 6.45) is 4.00. The molecule has 1 heterocycles. The zero-order valence-corrected chi connectivity index (χ0v) is 11.5. The topological polar surface area (TPSA) is 56.5 Å². The monoisotopic (exact) mass is 264 g/mol. The number of hydrogen-bond donors (Lipinski definition) is 0. The van der Waals surface area contributed by atoms with Crippen molar-refractivity contribution in [3.8, 4) is 0 Å². The smallest absolute Gasteiger partial charge is 0.306 e. The van der Waals surface area contributed by atoms with Gasteiger partial charge in [0.2, 0.25) is 0 Å². The van der Waals surface area contributed by atoms with E-state index in [-0.39, 0.29) is 24.1 Å². The largest absolute Gasteiger partial charge is 0.469 e. The molecule has 1 fully saturated rings. The molecule has 1 aromatic heterocycles. The van der Waals surface area contributed by atoms with Gasteiger partial charge in [0.1, 0.15) is 11.5 Å². The Hall–Kier alpha value is -1.58. The van der Waals surface area contributed by atoms with Gasteiger partial charge in [0.05, 0.1) is 19.3 Å². The van der Waals surface area contributed by atoms with Crippen LogP contribution in [0.1, 0.15) is 51.2 Å². The van der Waals surface area contributed by atoms with Crippen LogP contribution in [0.3, 0.4) is 0 Å². The van der Waals surface area contributed by atoms with Crippen LogP contribution >= 0.6 is 0 Å². The lowest BCUT2D eigenvalue weighted by Gasteiger charge is -2.38. The third kappa shape index (κ3) is 2.72. The van der Waals surface area contributed by atoms with E-state index in [4.69, 9.17) is 9.15 Å². The molecule has 0 spiro atoms. The SMILES string of the molecule is CCOC(=O)C[C@@]1(C)C(=O)CCC[C@H]1c1ccco1. The zero-order valence-electron chi connectivity index (χ0n) is 11.5. The number of ether oxygens (including phenoxy) is 1. The normalized spacial score (nSPS) is 27.3. The predicted molar refractivity (Wildman–Crippen MR) is 69.7 cm³/mol. The molecule has 0 N–H and O–H groups in total. The Morgan fingerprint density at radius 3 is 3.00 bits per heavy atom. The van der Waals surface area contributed by atoms with E-state index >= 15 is 0 Å². The standard InChI is InChI=1S/C15H20O4/c1-3-18-14(17)10-15(2)11(6-4-8-13(15)16)12-7-5-9-19-12/h5,7,9,11H,3-4,6,8,10H2,1-2H3/t11-,15+/m0/s1. The molecule has 1 aliphatic rings. The summed E-state index contributed by atoms with van der Waals surface area (Å²) in [7, 11) is 0. The first-order valence-electron chi connectivity index (χ1n) is 6.80. The maximum atomic E-state index is 12.3. The molecule has 1 saturated carbocycles. The molecule has 0 amide bonds. The average Bonchev–Trinajstić information content (AvgIpc) is 2.86.